The largest absolute Gasteiger partial charge is 0.497 e. The Kier molecular flexibility index (Phi) is 8.13. The molecule has 0 bridgehead atoms. The van der Waals surface area contributed by atoms with E-state index in [9.17, 15) is 14.9 Å². The molecule has 10 heteroatoms. The lowest BCUT2D eigenvalue weighted by atomic mass is 9.93. The molecule has 9 nitrogen and oxygen atoms in total. The first-order valence-electron chi connectivity index (χ1n) is 13.5. The van der Waals surface area contributed by atoms with Gasteiger partial charge in [0.2, 0.25) is 0 Å². The van der Waals surface area contributed by atoms with E-state index in [0.29, 0.717) is 73.4 Å². The molecule has 0 saturated heterocycles. The van der Waals surface area contributed by atoms with Crippen LogP contribution in [0.15, 0.2) is 80.1 Å². The molecule has 0 spiro atoms. The summed E-state index contributed by atoms with van der Waals surface area (Å²) >= 11 is 1.21. The van der Waals surface area contributed by atoms with Crippen molar-refractivity contribution in [2.45, 2.75) is 26.8 Å². The average Bonchev–Trinajstić information content (AvgIpc) is 3.60. The molecular weight excluding hydrogens is 552 g/mol. The van der Waals surface area contributed by atoms with Crippen LogP contribution < -0.4 is 24.4 Å². The number of nitriles is 1. The fourth-order valence-corrected chi connectivity index (χ4v) is 6.15. The van der Waals surface area contributed by atoms with E-state index >= 15 is 0 Å². The van der Waals surface area contributed by atoms with E-state index in [2.05, 4.69) is 6.07 Å². The fourth-order valence-electron chi connectivity index (χ4n) is 5.12. The molecule has 2 aromatic carbocycles. The number of nitrogens with zero attached hydrogens (tertiary/aromatic N) is 4. The minimum atomic E-state index is -0.795. The van der Waals surface area contributed by atoms with Gasteiger partial charge in [-0.15, -0.1) is 0 Å². The number of methoxy groups -OCH3 is 2. The number of hydrogen-bond donors (Lipinski definition) is 0. The van der Waals surface area contributed by atoms with Crippen molar-refractivity contribution in [3.05, 3.63) is 102 Å². The summed E-state index contributed by atoms with van der Waals surface area (Å²) in [7, 11) is 3.11. The highest BCUT2D eigenvalue weighted by atomic mass is 32.1. The van der Waals surface area contributed by atoms with Crippen molar-refractivity contribution in [1.82, 2.24) is 9.47 Å². The maximum Gasteiger partial charge on any atom is 0.271 e. The van der Waals surface area contributed by atoms with E-state index < -0.39 is 6.04 Å². The number of allylic oxidation sites excluding steroid dienone is 1. The van der Waals surface area contributed by atoms with Crippen LogP contribution in [0.4, 0.5) is 0 Å². The zero-order valence-corrected chi connectivity index (χ0v) is 24.8. The van der Waals surface area contributed by atoms with E-state index in [0.717, 1.165) is 0 Å². The van der Waals surface area contributed by atoms with E-state index in [1.54, 1.807) is 79.2 Å². The third kappa shape index (κ3) is 5.03. The Hall–Kier alpha value is -4.88. The molecule has 5 rings (SSSR count). The van der Waals surface area contributed by atoms with Gasteiger partial charge in [0.25, 0.3) is 11.5 Å². The summed E-state index contributed by atoms with van der Waals surface area (Å²) in [6.45, 7) is 6.64. The molecule has 0 fully saturated rings. The molecule has 3 heterocycles. The van der Waals surface area contributed by atoms with Gasteiger partial charge in [0.05, 0.1) is 41.7 Å². The maximum absolute atomic E-state index is 14.1. The lowest BCUT2D eigenvalue weighted by Crippen LogP contribution is -2.43. The van der Waals surface area contributed by atoms with Crippen LogP contribution in [0.2, 0.25) is 0 Å². The van der Waals surface area contributed by atoms with Gasteiger partial charge in [-0.25, -0.2) is 4.99 Å². The number of hydrogen-bond acceptors (Lipinski definition) is 8. The predicted molar refractivity (Wildman–Crippen MR) is 160 cm³/mol. The van der Waals surface area contributed by atoms with Crippen LogP contribution in [0.5, 0.6) is 11.5 Å². The number of carbonyl (C=O) groups is 1. The molecule has 4 aromatic rings. The Balaban J connectivity index is 1.71. The van der Waals surface area contributed by atoms with E-state index in [4.69, 9.17) is 18.9 Å². The van der Waals surface area contributed by atoms with Crippen LogP contribution in [0.25, 0.3) is 17.4 Å². The Morgan fingerprint density at radius 3 is 2.60 bits per heavy atom. The van der Waals surface area contributed by atoms with Gasteiger partial charge in [-0.2, -0.15) is 5.26 Å². The normalized spacial score (nSPS) is 14.7. The molecule has 214 valence electrons. The number of carbonyl (C=O) groups excluding carboxylic acids is 1. The summed E-state index contributed by atoms with van der Waals surface area (Å²) < 4.78 is 19.2. The smallest absolute Gasteiger partial charge is 0.271 e. The molecule has 0 N–H and O–H groups in total. The van der Waals surface area contributed by atoms with Gasteiger partial charge >= 0.3 is 0 Å². The number of amides is 1. The average molecular weight is 583 g/mol. The third-order valence-corrected chi connectivity index (χ3v) is 8.23. The third-order valence-electron chi connectivity index (χ3n) is 7.25. The molecular formula is C32H30N4O5S. The summed E-state index contributed by atoms with van der Waals surface area (Å²) in [6.07, 6.45) is 1.66. The number of aromatic nitrogens is 1. The molecule has 42 heavy (non-hydrogen) atoms. The lowest BCUT2D eigenvalue weighted by molar-refractivity contribution is -0.127. The van der Waals surface area contributed by atoms with Crippen molar-refractivity contribution in [3.8, 4) is 28.9 Å². The number of furan rings is 1. The van der Waals surface area contributed by atoms with Crippen molar-refractivity contribution in [1.29, 1.82) is 5.26 Å². The summed E-state index contributed by atoms with van der Waals surface area (Å²) in [6, 6.07) is 17.4. The number of fused-ring (bicyclic) bond motifs is 1. The number of benzene rings is 2. The van der Waals surface area contributed by atoms with Crippen LogP contribution in [-0.2, 0) is 4.79 Å². The highest BCUT2D eigenvalue weighted by molar-refractivity contribution is 7.07. The fraction of sp³-hybridized carbons (Fsp3) is 0.250. The van der Waals surface area contributed by atoms with Gasteiger partial charge < -0.3 is 18.8 Å². The van der Waals surface area contributed by atoms with Crippen LogP contribution >= 0.6 is 11.3 Å². The van der Waals surface area contributed by atoms with Crippen LogP contribution in [0, 0.1) is 11.3 Å². The monoisotopic (exact) mass is 582 g/mol. The first-order valence-corrected chi connectivity index (χ1v) is 14.3. The second-order valence-electron chi connectivity index (χ2n) is 9.53. The quantitative estimate of drug-likeness (QED) is 0.307. The zero-order chi connectivity index (χ0) is 30.0. The van der Waals surface area contributed by atoms with Gasteiger partial charge in [0, 0.05) is 30.3 Å². The van der Waals surface area contributed by atoms with Gasteiger partial charge in [-0.1, -0.05) is 23.5 Å². The molecule has 1 atom stereocenters. The first-order chi connectivity index (χ1) is 20.3. The first kappa shape index (κ1) is 28.6. The molecule has 0 aliphatic carbocycles. The van der Waals surface area contributed by atoms with Crippen molar-refractivity contribution in [2.75, 3.05) is 27.3 Å². The van der Waals surface area contributed by atoms with E-state index in [1.165, 1.54) is 11.3 Å². The van der Waals surface area contributed by atoms with E-state index in [1.807, 2.05) is 26.0 Å². The molecule has 1 aliphatic rings. The molecule has 0 unspecified atom stereocenters. The van der Waals surface area contributed by atoms with Crippen LogP contribution in [0.1, 0.15) is 43.7 Å². The van der Waals surface area contributed by atoms with Crippen molar-refractivity contribution in [3.63, 3.8) is 0 Å². The zero-order valence-electron chi connectivity index (χ0n) is 24.0. The van der Waals surface area contributed by atoms with Gasteiger partial charge in [-0.05, 0) is 63.2 Å². The van der Waals surface area contributed by atoms with Gasteiger partial charge in [0.15, 0.2) is 4.80 Å². The van der Waals surface area contributed by atoms with Crippen molar-refractivity contribution in [2.24, 2.45) is 4.99 Å². The van der Waals surface area contributed by atoms with Gasteiger partial charge in [0.1, 0.15) is 29.1 Å². The second-order valence-corrected chi connectivity index (χ2v) is 10.5. The Bertz CT molecular complexity index is 1920. The standard InChI is InChI=1S/C32H30N4O5S/c1-6-35(7-2)31(38)28-19(3)34-32-36(29(28)24-16-21(39-4)12-14-25(24)40-5)30(37)27(42-32)17-22-13-15-26(41-22)23-11-9-8-10-20(23)18-33/h8-17,29H,6-7H2,1-5H3/b27-17+/t29-/m1/s1. The molecule has 2 aromatic heterocycles. The van der Waals surface area contributed by atoms with Crippen LogP contribution in [0.3, 0.4) is 0 Å². The lowest BCUT2D eigenvalue weighted by Gasteiger charge is -2.30. The number of rotatable bonds is 8. The molecule has 0 radical (unpaired) electrons. The van der Waals surface area contributed by atoms with Crippen molar-refractivity contribution >= 4 is 23.3 Å². The summed E-state index contributed by atoms with van der Waals surface area (Å²) in [5, 5.41) is 9.49. The Morgan fingerprint density at radius 2 is 1.90 bits per heavy atom. The minimum Gasteiger partial charge on any atom is -0.497 e. The Morgan fingerprint density at radius 1 is 1.14 bits per heavy atom. The number of thiazole rings is 1. The summed E-state index contributed by atoms with van der Waals surface area (Å²) in [5.41, 5.74) is 2.39. The number of ether oxygens (including phenoxy) is 2. The maximum atomic E-state index is 14.1. The van der Waals surface area contributed by atoms with E-state index in [-0.39, 0.29) is 11.5 Å². The second kappa shape index (κ2) is 11.9. The number of likely N-dealkylation sites (N-methyl/N-ethyl adjacent to an activating group) is 1. The summed E-state index contributed by atoms with van der Waals surface area (Å²) in [4.78, 5) is 34.9. The predicted octanol–water partition coefficient (Wildman–Crippen LogP) is 4.25. The Labute approximate surface area is 246 Å². The SMILES string of the molecule is CCN(CC)C(=O)C1=C(C)N=c2s/c(=C/c3ccc(-c4ccccc4C#N)o3)c(=O)n2[C@@H]1c1cc(OC)ccc1OC. The molecule has 0 saturated carbocycles. The highest BCUT2D eigenvalue weighted by Crippen LogP contribution is 2.38. The minimum absolute atomic E-state index is 0.197. The van der Waals surface area contributed by atoms with Crippen molar-refractivity contribution < 1.29 is 18.7 Å². The highest BCUT2D eigenvalue weighted by Gasteiger charge is 2.36. The van der Waals surface area contributed by atoms with Gasteiger partial charge in [-0.3, -0.25) is 14.2 Å². The molecule has 1 aliphatic heterocycles. The topological polar surface area (TPSA) is 110 Å². The molecule has 1 amide bonds. The summed E-state index contributed by atoms with van der Waals surface area (Å²) in [5.74, 6) is 1.86. The van der Waals surface area contributed by atoms with Crippen LogP contribution in [-0.4, -0.2) is 42.7 Å².